The molecule has 0 bridgehead atoms. The van der Waals surface area contributed by atoms with Gasteiger partial charge in [0.15, 0.2) is 5.75 Å². The Balaban J connectivity index is 1.75. The number of pyridine rings is 2. The van der Waals surface area contributed by atoms with E-state index in [1.165, 1.54) is 12.8 Å². The number of hydrogen-bond acceptors (Lipinski definition) is 5. The minimum absolute atomic E-state index is 0.441. The molecule has 0 atom stereocenters. The Morgan fingerprint density at radius 2 is 2.15 bits per heavy atom. The molecule has 5 heteroatoms. The molecule has 0 unspecified atom stereocenters. The highest BCUT2D eigenvalue weighted by Crippen LogP contribution is 2.31. The summed E-state index contributed by atoms with van der Waals surface area (Å²) in [4.78, 5) is 8.49. The van der Waals surface area contributed by atoms with Gasteiger partial charge in [-0.1, -0.05) is 0 Å². The van der Waals surface area contributed by atoms with Crippen LogP contribution in [0.4, 0.5) is 5.69 Å². The summed E-state index contributed by atoms with van der Waals surface area (Å²) < 4.78 is 11.4. The zero-order valence-electron chi connectivity index (χ0n) is 11.4. The fraction of sp³-hybridized carbons (Fsp3) is 0.333. The van der Waals surface area contributed by atoms with E-state index >= 15 is 0 Å². The molecule has 104 valence electrons. The molecule has 2 heterocycles. The fourth-order valence-corrected chi connectivity index (χ4v) is 1.78. The van der Waals surface area contributed by atoms with Gasteiger partial charge < -0.3 is 15.2 Å². The van der Waals surface area contributed by atoms with Crippen molar-refractivity contribution in [1.29, 1.82) is 0 Å². The number of rotatable bonds is 5. The molecule has 3 rings (SSSR count). The standard InChI is InChI=1S/C15H17N3O2/c1-10-13(3-2-8-17-10)20-14-7-6-12(16)15(18-14)19-9-11-4-5-11/h2-3,6-8,11H,4-5,9,16H2,1H3. The van der Waals surface area contributed by atoms with Crippen molar-refractivity contribution in [2.24, 2.45) is 5.92 Å². The topological polar surface area (TPSA) is 70.3 Å². The SMILES string of the molecule is Cc1ncccc1Oc1ccc(N)c(OCC2CC2)n1. The Morgan fingerprint density at radius 3 is 2.90 bits per heavy atom. The molecule has 1 saturated carbocycles. The zero-order chi connectivity index (χ0) is 13.9. The molecule has 1 fully saturated rings. The molecule has 0 saturated heterocycles. The first kappa shape index (κ1) is 12.7. The van der Waals surface area contributed by atoms with Crippen molar-refractivity contribution in [1.82, 2.24) is 9.97 Å². The summed E-state index contributed by atoms with van der Waals surface area (Å²) in [6, 6.07) is 7.15. The summed E-state index contributed by atoms with van der Waals surface area (Å²) >= 11 is 0. The van der Waals surface area contributed by atoms with Crippen LogP contribution in [0.2, 0.25) is 0 Å². The van der Waals surface area contributed by atoms with E-state index in [1.54, 1.807) is 18.3 Å². The van der Waals surface area contributed by atoms with Gasteiger partial charge in [0.25, 0.3) is 0 Å². The second kappa shape index (κ2) is 5.36. The van der Waals surface area contributed by atoms with Gasteiger partial charge in [-0.3, -0.25) is 4.98 Å². The van der Waals surface area contributed by atoms with Crippen LogP contribution >= 0.6 is 0 Å². The average Bonchev–Trinajstić information content (AvgIpc) is 3.26. The predicted octanol–water partition coefficient (Wildman–Crippen LogP) is 2.95. The van der Waals surface area contributed by atoms with E-state index in [-0.39, 0.29) is 0 Å². The molecular weight excluding hydrogens is 254 g/mol. The van der Waals surface area contributed by atoms with Crippen LogP contribution in [0.5, 0.6) is 17.5 Å². The van der Waals surface area contributed by atoms with Crippen molar-refractivity contribution < 1.29 is 9.47 Å². The molecule has 0 radical (unpaired) electrons. The number of aryl methyl sites for hydroxylation is 1. The molecule has 2 aromatic heterocycles. The van der Waals surface area contributed by atoms with Gasteiger partial charge in [-0.15, -0.1) is 0 Å². The van der Waals surface area contributed by atoms with Crippen molar-refractivity contribution in [3.8, 4) is 17.5 Å². The van der Waals surface area contributed by atoms with Crippen molar-refractivity contribution in [2.75, 3.05) is 12.3 Å². The lowest BCUT2D eigenvalue weighted by Crippen LogP contribution is -2.04. The second-order valence-electron chi connectivity index (χ2n) is 4.99. The first-order valence-corrected chi connectivity index (χ1v) is 6.71. The van der Waals surface area contributed by atoms with Crippen molar-refractivity contribution in [3.05, 3.63) is 36.2 Å². The number of hydrogen-bond donors (Lipinski definition) is 1. The van der Waals surface area contributed by atoms with Crippen LogP contribution in [-0.4, -0.2) is 16.6 Å². The molecule has 20 heavy (non-hydrogen) atoms. The summed E-state index contributed by atoms with van der Waals surface area (Å²) in [5, 5.41) is 0. The van der Waals surface area contributed by atoms with Crippen LogP contribution in [0.15, 0.2) is 30.5 Å². The Bertz CT molecular complexity index is 612. The largest absolute Gasteiger partial charge is 0.476 e. The molecule has 0 aromatic carbocycles. The Labute approximate surface area is 117 Å². The van der Waals surface area contributed by atoms with E-state index in [0.717, 1.165) is 5.69 Å². The van der Waals surface area contributed by atoms with Gasteiger partial charge >= 0.3 is 0 Å². The van der Waals surface area contributed by atoms with Gasteiger partial charge in [0.2, 0.25) is 11.8 Å². The lowest BCUT2D eigenvalue weighted by molar-refractivity contribution is 0.286. The highest BCUT2D eigenvalue weighted by atomic mass is 16.5. The van der Waals surface area contributed by atoms with Crippen molar-refractivity contribution in [3.63, 3.8) is 0 Å². The highest BCUT2D eigenvalue weighted by molar-refractivity contribution is 5.49. The molecule has 2 N–H and O–H groups in total. The van der Waals surface area contributed by atoms with Crippen molar-refractivity contribution in [2.45, 2.75) is 19.8 Å². The summed E-state index contributed by atoms with van der Waals surface area (Å²) in [6.45, 7) is 2.56. The fourth-order valence-electron chi connectivity index (χ4n) is 1.78. The number of ether oxygens (including phenoxy) is 2. The van der Waals surface area contributed by atoms with Gasteiger partial charge in [0.1, 0.15) is 0 Å². The zero-order valence-corrected chi connectivity index (χ0v) is 11.4. The molecule has 1 aliphatic rings. The Hall–Kier alpha value is -2.30. The van der Waals surface area contributed by atoms with E-state index in [2.05, 4.69) is 9.97 Å². The summed E-state index contributed by atoms with van der Waals surface area (Å²) in [6.07, 6.45) is 4.18. The smallest absolute Gasteiger partial charge is 0.240 e. The van der Waals surface area contributed by atoms with Crippen LogP contribution in [0.25, 0.3) is 0 Å². The van der Waals surface area contributed by atoms with Gasteiger partial charge in [0.05, 0.1) is 18.0 Å². The van der Waals surface area contributed by atoms with Gasteiger partial charge in [0, 0.05) is 12.3 Å². The molecule has 1 aliphatic carbocycles. The van der Waals surface area contributed by atoms with Crippen LogP contribution in [-0.2, 0) is 0 Å². The van der Waals surface area contributed by atoms with Crippen LogP contribution < -0.4 is 15.2 Å². The molecular formula is C15H17N3O2. The van der Waals surface area contributed by atoms with E-state index in [0.29, 0.717) is 35.7 Å². The normalized spacial score (nSPS) is 14.1. The molecule has 0 amide bonds. The number of nitrogens with zero attached hydrogens (tertiary/aromatic N) is 2. The molecule has 0 spiro atoms. The summed E-state index contributed by atoms with van der Waals surface area (Å²) in [7, 11) is 0. The molecule has 2 aromatic rings. The molecule has 0 aliphatic heterocycles. The summed E-state index contributed by atoms with van der Waals surface area (Å²) in [5.41, 5.74) is 7.20. The molecule has 5 nitrogen and oxygen atoms in total. The monoisotopic (exact) mass is 271 g/mol. The first-order chi connectivity index (χ1) is 9.72. The third kappa shape index (κ3) is 2.99. The quantitative estimate of drug-likeness (QED) is 0.905. The second-order valence-corrected chi connectivity index (χ2v) is 4.99. The highest BCUT2D eigenvalue weighted by Gasteiger charge is 2.22. The predicted molar refractivity (Wildman–Crippen MR) is 75.9 cm³/mol. The number of nitrogen functional groups attached to an aromatic ring is 1. The van der Waals surface area contributed by atoms with Crippen LogP contribution in [0, 0.1) is 12.8 Å². The van der Waals surface area contributed by atoms with Crippen molar-refractivity contribution >= 4 is 5.69 Å². The third-order valence-electron chi connectivity index (χ3n) is 3.19. The number of aromatic nitrogens is 2. The number of anilines is 1. The average molecular weight is 271 g/mol. The lowest BCUT2D eigenvalue weighted by Gasteiger charge is -2.10. The lowest BCUT2D eigenvalue weighted by atomic mass is 10.3. The van der Waals surface area contributed by atoms with E-state index < -0.39 is 0 Å². The minimum Gasteiger partial charge on any atom is -0.476 e. The van der Waals surface area contributed by atoms with Gasteiger partial charge in [-0.2, -0.15) is 4.98 Å². The van der Waals surface area contributed by atoms with E-state index in [1.807, 2.05) is 19.1 Å². The van der Waals surface area contributed by atoms with Crippen LogP contribution in [0.3, 0.4) is 0 Å². The van der Waals surface area contributed by atoms with E-state index in [9.17, 15) is 0 Å². The Kier molecular flexibility index (Phi) is 3.41. The Morgan fingerprint density at radius 1 is 1.30 bits per heavy atom. The van der Waals surface area contributed by atoms with Crippen LogP contribution in [0.1, 0.15) is 18.5 Å². The maximum atomic E-state index is 5.86. The number of nitrogens with two attached hydrogens (primary N) is 1. The maximum Gasteiger partial charge on any atom is 0.240 e. The van der Waals surface area contributed by atoms with E-state index in [4.69, 9.17) is 15.2 Å². The third-order valence-corrected chi connectivity index (χ3v) is 3.19. The minimum atomic E-state index is 0.441. The first-order valence-electron chi connectivity index (χ1n) is 6.71. The maximum absolute atomic E-state index is 5.86. The summed E-state index contributed by atoms with van der Waals surface area (Å²) in [5.74, 6) is 2.23. The van der Waals surface area contributed by atoms with Gasteiger partial charge in [-0.25, -0.2) is 0 Å². The van der Waals surface area contributed by atoms with Gasteiger partial charge in [-0.05, 0) is 43.9 Å².